The summed E-state index contributed by atoms with van der Waals surface area (Å²) in [5, 5.41) is 18.5. The van der Waals surface area contributed by atoms with Gasteiger partial charge in [-0.2, -0.15) is 5.26 Å². The van der Waals surface area contributed by atoms with E-state index in [1.54, 1.807) is 13.0 Å². The van der Waals surface area contributed by atoms with Gasteiger partial charge in [0.25, 0.3) is 0 Å². The molecule has 3 nitrogen and oxygen atoms in total. The third-order valence-corrected chi connectivity index (χ3v) is 2.41. The summed E-state index contributed by atoms with van der Waals surface area (Å²) in [6.07, 6.45) is 0. The van der Waals surface area contributed by atoms with Crippen molar-refractivity contribution in [3.8, 4) is 11.8 Å². The Morgan fingerprint density at radius 1 is 1.64 bits per heavy atom. The molecule has 14 heavy (non-hydrogen) atoms. The molecule has 0 amide bonds. The van der Waals surface area contributed by atoms with E-state index in [9.17, 15) is 9.90 Å². The summed E-state index contributed by atoms with van der Waals surface area (Å²) in [5.74, 6) is -0.392. The number of Topliss-reactive ketones (excluding diaryl/α,β-unsaturated/α-hetero) is 1. The summed E-state index contributed by atoms with van der Waals surface area (Å²) in [7, 11) is 0. The summed E-state index contributed by atoms with van der Waals surface area (Å²) in [5.41, 5.74) is 0.898. The maximum atomic E-state index is 11.4. The van der Waals surface area contributed by atoms with Gasteiger partial charge in [0.05, 0.1) is 16.5 Å². The molecule has 0 fully saturated rings. The fourth-order valence-electron chi connectivity index (χ4n) is 1.14. The van der Waals surface area contributed by atoms with Crippen LogP contribution in [0.1, 0.15) is 21.5 Å². The van der Waals surface area contributed by atoms with Crippen LogP contribution in [0.5, 0.6) is 5.75 Å². The van der Waals surface area contributed by atoms with Crippen LogP contribution < -0.4 is 0 Å². The van der Waals surface area contributed by atoms with Gasteiger partial charge in [-0.1, -0.05) is 22.0 Å². The molecule has 0 heterocycles. The molecule has 4 heteroatoms. The molecule has 1 rings (SSSR count). The first kappa shape index (κ1) is 10.7. The number of carbonyl (C=O) groups excluding carboxylic acids is 1. The number of halogens is 1. The van der Waals surface area contributed by atoms with E-state index in [0.29, 0.717) is 5.56 Å². The normalized spacial score (nSPS) is 9.50. The van der Waals surface area contributed by atoms with E-state index >= 15 is 0 Å². The van der Waals surface area contributed by atoms with Crippen molar-refractivity contribution in [3.05, 3.63) is 28.8 Å². The van der Waals surface area contributed by atoms with Crippen molar-refractivity contribution < 1.29 is 9.90 Å². The van der Waals surface area contributed by atoms with Gasteiger partial charge in [0.1, 0.15) is 11.8 Å². The summed E-state index contributed by atoms with van der Waals surface area (Å²) in [6, 6.07) is 5.02. The number of phenols is 1. The number of aryl methyl sites for hydroxylation is 1. The number of aromatic hydroxyl groups is 1. The molecule has 0 unspecified atom stereocenters. The van der Waals surface area contributed by atoms with Crippen molar-refractivity contribution in [1.82, 2.24) is 0 Å². The molecule has 0 saturated carbocycles. The molecular weight excluding hydrogens is 246 g/mol. The van der Waals surface area contributed by atoms with E-state index in [-0.39, 0.29) is 28.0 Å². The minimum atomic E-state index is -0.289. The quantitative estimate of drug-likeness (QED) is 0.649. The smallest absolute Gasteiger partial charge is 0.178 e. The Balaban J connectivity index is 3.45. The first-order valence-corrected chi connectivity index (χ1v) is 5.05. The summed E-state index contributed by atoms with van der Waals surface area (Å²) < 4.78 is 0. The van der Waals surface area contributed by atoms with Gasteiger partial charge in [-0.15, -0.1) is 0 Å². The minimum absolute atomic E-state index is 0.0959. The molecule has 0 atom stereocenters. The number of carbonyl (C=O) groups is 1. The van der Waals surface area contributed by atoms with Gasteiger partial charge in [-0.25, -0.2) is 0 Å². The first-order chi connectivity index (χ1) is 6.61. The second kappa shape index (κ2) is 4.25. The van der Waals surface area contributed by atoms with Gasteiger partial charge in [0.15, 0.2) is 5.78 Å². The van der Waals surface area contributed by atoms with Crippen LogP contribution in [-0.4, -0.2) is 16.2 Å². The molecule has 0 spiro atoms. The van der Waals surface area contributed by atoms with Gasteiger partial charge < -0.3 is 5.11 Å². The summed E-state index contributed by atoms with van der Waals surface area (Å²) >= 11 is 3.00. The molecule has 0 aliphatic rings. The van der Waals surface area contributed by atoms with Crippen LogP contribution >= 0.6 is 15.9 Å². The molecule has 72 valence electrons. The zero-order valence-electron chi connectivity index (χ0n) is 7.54. The van der Waals surface area contributed by atoms with Crippen LogP contribution in [0.4, 0.5) is 0 Å². The average Bonchev–Trinajstić information content (AvgIpc) is 2.20. The lowest BCUT2D eigenvalue weighted by Crippen LogP contribution is -2.04. The Kier molecular flexibility index (Phi) is 3.26. The van der Waals surface area contributed by atoms with Crippen molar-refractivity contribution in [2.24, 2.45) is 0 Å². The lowest BCUT2D eigenvalue weighted by molar-refractivity contribution is 0.102. The van der Waals surface area contributed by atoms with Crippen molar-refractivity contribution in [1.29, 1.82) is 5.26 Å². The third kappa shape index (κ3) is 1.78. The average molecular weight is 254 g/mol. The molecule has 0 saturated heterocycles. The van der Waals surface area contributed by atoms with Gasteiger partial charge >= 0.3 is 0 Å². The second-order valence-electron chi connectivity index (χ2n) is 2.82. The highest BCUT2D eigenvalue weighted by Crippen LogP contribution is 2.25. The maximum absolute atomic E-state index is 11.4. The first-order valence-electron chi connectivity index (χ1n) is 3.93. The van der Waals surface area contributed by atoms with Gasteiger partial charge in [-0.3, -0.25) is 4.79 Å². The van der Waals surface area contributed by atoms with E-state index in [4.69, 9.17) is 5.26 Å². The number of alkyl halides is 1. The molecule has 0 bridgehead atoms. The largest absolute Gasteiger partial charge is 0.507 e. The highest BCUT2D eigenvalue weighted by Gasteiger charge is 2.16. The van der Waals surface area contributed by atoms with Crippen molar-refractivity contribution in [2.45, 2.75) is 6.92 Å². The standard InChI is InChI=1S/C10H8BrNO2/c1-6-2-3-7(5-12)9(10(6)14)8(13)4-11/h2-3,14H,4H2,1H3. The fraction of sp³-hybridized carbons (Fsp3) is 0.200. The van der Waals surface area contributed by atoms with Crippen LogP contribution in [0, 0.1) is 18.3 Å². The molecule has 0 aliphatic carbocycles. The number of nitriles is 1. The summed E-state index contributed by atoms with van der Waals surface area (Å²) in [4.78, 5) is 11.4. The predicted molar refractivity (Wildman–Crippen MR) is 55.7 cm³/mol. The Bertz CT molecular complexity index is 421. The Hall–Kier alpha value is -1.34. The number of hydrogen-bond acceptors (Lipinski definition) is 3. The maximum Gasteiger partial charge on any atom is 0.178 e. The molecule has 0 radical (unpaired) electrons. The fourth-order valence-corrected chi connectivity index (χ4v) is 1.42. The van der Waals surface area contributed by atoms with Crippen molar-refractivity contribution >= 4 is 21.7 Å². The molecule has 1 aromatic rings. The number of nitrogens with zero attached hydrogens (tertiary/aromatic N) is 1. The number of benzene rings is 1. The van der Waals surface area contributed by atoms with Crippen LogP contribution in [0.15, 0.2) is 12.1 Å². The van der Waals surface area contributed by atoms with Gasteiger partial charge in [0.2, 0.25) is 0 Å². The van der Waals surface area contributed by atoms with Crippen molar-refractivity contribution in [3.63, 3.8) is 0 Å². The van der Waals surface area contributed by atoms with Crippen LogP contribution in [0.25, 0.3) is 0 Å². The molecule has 1 aromatic carbocycles. The Morgan fingerprint density at radius 2 is 2.29 bits per heavy atom. The van der Waals surface area contributed by atoms with Crippen LogP contribution in [0.2, 0.25) is 0 Å². The Labute approximate surface area is 90.1 Å². The molecular formula is C10H8BrNO2. The highest BCUT2D eigenvalue weighted by atomic mass is 79.9. The molecule has 0 aliphatic heterocycles. The lowest BCUT2D eigenvalue weighted by atomic mass is 10.0. The predicted octanol–water partition coefficient (Wildman–Crippen LogP) is 2.15. The second-order valence-corrected chi connectivity index (χ2v) is 3.38. The van der Waals surface area contributed by atoms with E-state index in [1.807, 2.05) is 6.07 Å². The number of hydrogen-bond donors (Lipinski definition) is 1. The zero-order chi connectivity index (χ0) is 10.7. The van der Waals surface area contributed by atoms with Crippen molar-refractivity contribution in [2.75, 3.05) is 5.33 Å². The van der Waals surface area contributed by atoms with Crippen LogP contribution in [-0.2, 0) is 0 Å². The Morgan fingerprint density at radius 3 is 2.79 bits per heavy atom. The molecule has 1 N–H and O–H groups in total. The number of ketones is 1. The van der Waals surface area contributed by atoms with E-state index in [2.05, 4.69) is 15.9 Å². The van der Waals surface area contributed by atoms with E-state index in [0.717, 1.165) is 0 Å². The monoisotopic (exact) mass is 253 g/mol. The molecule has 0 aromatic heterocycles. The minimum Gasteiger partial charge on any atom is -0.507 e. The summed E-state index contributed by atoms with van der Waals surface area (Å²) in [6.45, 7) is 1.68. The van der Waals surface area contributed by atoms with E-state index < -0.39 is 0 Å². The zero-order valence-corrected chi connectivity index (χ0v) is 9.13. The lowest BCUT2D eigenvalue weighted by Gasteiger charge is -2.06. The topological polar surface area (TPSA) is 61.1 Å². The van der Waals surface area contributed by atoms with E-state index in [1.165, 1.54) is 6.07 Å². The van der Waals surface area contributed by atoms with Crippen LogP contribution in [0.3, 0.4) is 0 Å². The highest BCUT2D eigenvalue weighted by molar-refractivity contribution is 9.09. The number of rotatable bonds is 2. The van der Waals surface area contributed by atoms with Gasteiger partial charge in [-0.05, 0) is 18.6 Å². The SMILES string of the molecule is Cc1ccc(C#N)c(C(=O)CBr)c1O. The third-order valence-electron chi connectivity index (χ3n) is 1.90. The van der Waals surface area contributed by atoms with Gasteiger partial charge in [0, 0.05) is 0 Å². The number of phenolic OH excluding ortho intramolecular Hbond substituents is 1.